The van der Waals surface area contributed by atoms with Crippen LogP contribution in [0.15, 0.2) is 5.38 Å². The topological polar surface area (TPSA) is 91.8 Å². The van der Waals surface area contributed by atoms with Gasteiger partial charge in [0.05, 0.1) is 12.6 Å². The fourth-order valence-electron chi connectivity index (χ4n) is 1.86. The first-order chi connectivity index (χ1) is 9.10. The van der Waals surface area contributed by atoms with Gasteiger partial charge in [0.2, 0.25) is 0 Å². The van der Waals surface area contributed by atoms with E-state index < -0.39 is 5.97 Å². The molecule has 1 aromatic heterocycles. The second-order valence-electron chi connectivity index (χ2n) is 4.18. The van der Waals surface area contributed by atoms with Gasteiger partial charge in [0, 0.05) is 25.6 Å². The Morgan fingerprint density at radius 3 is 3.05 bits per heavy atom. The summed E-state index contributed by atoms with van der Waals surface area (Å²) in [5, 5.41) is 13.5. The Morgan fingerprint density at radius 1 is 1.68 bits per heavy atom. The van der Waals surface area contributed by atoms with Crippen molar-refractivity contribution in [3.8, 4) is 0 Å². The number of carbonyl (C=O) groups is 2. The molecule has 2 amide bonds. The van der Waals surface area contributed by atoms with Crippen LogP contribution < -0.4 is 5.32 Å². The number of carboxylic acid groups (broad SMARTS) is 1. The summed E-state index contributed by atoms with van der Waals surface area (Å²) in [6.07, 6.45) is 0.939. The van der Waals surface area contributed by atoms with E-state index in [1.54, 1.807) is 12.0 Å². The molecule has 0 spiro atoms. The summed E-state index contributed by atoms with van der Waals surface area (Å²) >= 11 is 1.22. The highest BCUT2D eigenvalue weighted by atomic mass is 32.1. The number of aromatic carboxylic acids is 1. The van der Waals surface area contributed by atoms with Crippen LogP contribution in [-0.4, -0.2) is 53.3 Å². The van der Waals surface area contributed by atoms with Crippen molar-refractivity contribution in [3.63, 3.8) is 0 Å². The molecule has 104 valence electrons. The molecule has 0 aliphatic carbocycles. The van der Waals surface area contributed by atoms with E-state index in [1.807, 2.05) is 0 Å². The number of nitrogens with zero attached hydrogens (tertiary/aromatic N) is 2. The van der Waals surface area contributed by atoms with E-state index in [1.165, 1.54) is 16.7 Å². The maximum absolute atomic E-state index is 11.8. The van der Waals surface area contributed by atoms with Crippen molar-refractivity contribution >= 4 is 23.3 Å². The third-order valence-electron chi connectivity index (χ3n) is 2.93. The molecule has 1 saturated heterocycles. The number of ether oxygens (including phenoxy) is 1. The number of nitrogens with one attached hydrogen (secondary N) is 1. The van der Waals surface area contributed by atoms with E-state index in [9.17, 15) is 9.59 Å². The highest BCUT2D eigenvalue weighted by Gasteiger charge is 2.25. The van der Waals surface area contributed by atoms with Crippen LogP contribution in [0.1, 0.15) is 21.9 Å². The number of hydrogen-bond acceptors (Lipinski definition) is 5. The van der Waals surface area contributed by atoms with Crippen LogP contribution in [0.3, 0.4) is 0 Å². The molecule has 1 unspecified atom stereocenters. The van der Waals surface area contributed by atoms with Gasteiger partial charge in [0.25, 0.3) is 0 Å². The Hall–Kier alpha value is -1.67. The first-order valence-electron chi connectivity index (χ1n) is 5.83. The summed E-state index contributed by atoms with van der Waals surface area (Å²) in [5.74, 6) is -1.06. The van der Waals surface area contributed by atoms with E-state index in [0.29, 0.717) is 18.1 Å². The number of carbonyl (C=O) groups excluding carboxylic acids is 1. The summed E-state index contributed by atoms with van der Waals surface area (Å²) in [7, 11) is 1.63. The first kappa shape index (κ1) is 13.8. The van der Waals surface area contributed by atoms with Crippen molar-refractivity contribution in [3.05, 3.63) is 16.1 Å². The predicted molar refractivity (Wildman–Crippen MR) is 68.3 cm³/mol. The number of methoxy groups -OCH3 is 1. The molecule has 19 heavy (non-hydrogen) atoms. The Balaban J connectivity index is 1.81. The molecule has 0 aromatic carbocycles. The average Bonchev–Trinajstić information content (AvgIpc) is 3.04. The van der Waals surface area contributed by atoms with Crippen molar-refractivity contribution in [1.29, 1.82) is 0 Å². The molecule has 1 atom stereocenters. The molecule has 1 aliphatic heterocycles. The molecular formula is C11H15N3O4S. The van der Waals surface area contributed by atoms with Crippen LogP contribution in [0.2, 0.25) is 0 Å². The van der Waals surface area contributed by atoms with Gasteiger partial charge < -0.3 is 20.1 Å². The third-order valence-corrected chi connectivity index (χ3v) is 3.78. The van der Waals surface area contributed by atoms with E-state index in [0.717, 1.165) is 6.42 Å². The van der Waals surface area contributed by atoms with Crippen LogP contribution >= 0.6 is 11.3 Å². The van der Waals surface area contributed by atoms with Gasteiger partial charge in [-0.2, -0.15) is 0 Å². The highest BCUT2D eigenvalue weighted by Crippen LogP contribution is 2.13. The minimum Gasteiger partial charge on any atom is -0.476 e. The van der Waals surface area contributed by atoms with Gasteiger partial charge >= 0.3 is 12.0 Å². The molecule has 1 aromatic rings. The third kappa shape index (κ3) is 3.42. The number of rotatable bonds is 4. The predicted octanol–water partition coefficient (Wildman–Crippen LogP) is 0.772. The second-order valence-corrected chi connectivity index (χ2v) is 5.13. The molecule has 2 N–H and O–H groups in total. The monoisotopic (exact) mass is 285 g/mol. The zero-order valence-electron chi connectivity index (χ0n) is 10.5. The quantitative estimate of drug-likeness (QED) is 0.852. The molecule has 1 aliphatic rings. The maximum atomic E-state index is 11.8. The standard InChI is InChI=1S/C11H15N3O4S/c1-18-7-2-3-14(5-7)11(17)12-4-9-13-8(6-19-9)10(15)16/h6-7H,2-5H2,1H3,(H,12,17)(H,15,16). The normalized spacial score (nSPS) is 18.6. The van der Waals surface area contributed by atoms with Gasteiger partial charge in [-0.1, -0.05) is 0 Å². The smallest absolute Gasteiger partial charge is 0.355 e. The SMILES string of the molecule is COC1CCN(C(=O)NCc2nc(C(=O)O)cs2)C1. The van der Waals surface area contributed by atoms with Crippen LogP contribution in [0.25, 0.3) is 0 Å². The van der Waals surface area contributed by atoms with Crippen LogP contribution in [0, 0.1) is 0 Å². The molecular weight excluding hydrogens is 270 g/mol. The van der Waals surface area contributed by atoms with Gasteiger partial charge in [0.15, 0.2) is 5.69 Å². The van der Waals surface area contributed by atoms with Crippen molar-refractivity contribution in [1.82, 2.24) is 15.2 Å². The van der Waals surface area contributed by atoms with Gasteiger partial charge in [-0.3, -0.25) is 0 Å². The number of thiazole rings is 1. The first-order valence-corrected chi connectivity index (χ1v) is 6.71. The van der Waals surface area contributed by atoms with Crippen molar-refractivity contribution in [2.24, 2.45) is 0 Å². The number of urea groups is 1. The second kappa shape index (κ2) is 5.98. The van der Waals surface area contributed by atoms with Crippen LogP contribution in [-0.2, 0) is 11.3 Å². The van der Waals surface area contributed by atoms with Crippen molar-refractivity contribution in [2.45, 2.75) is 19.1 Å². The number of aromatic nitrogens is 1. The van der Waals surface area contributed by atoms with Crippen molar-refractivity contribution < 1.29 is 19.4 Å². The minimum absolute atomic E-state index is 0.00914. The van der Waals surface area contributed by atoms with Gasteiger partial charge in [-0.05, 0) is 6.42 Å². The molecule has 1 fully saturated rings. The lowest BCUT2D eigenvalue weighted by atomic mass is 10.3. The van der Waals surface area contributed by atoms with Gasteiger partial charge in [0.1, 0.15) is 5.01 Å². The lowest BCUT2D eigenvalue weighted by Gasteiger charge is -2.16. The van der Waals surface area contributed by atoms with Crippen molar-refractivity contribution in [2.75, 3.05) is 20.2 Å². The number of hydrogen-bond donors (Lipinski definition) is 2. The summed E-state index contributed by atoms with van der Waals surface area (Å²) < 4.78 is 5.19. The molecule has 7 nitrogen and oxygen atoms in total. The van der Waals surface area contributed by atoms with E-state index >= 15 is 0 Å². The molecule has 2 heterocycles. The van der Waals surface area contributed by atoms with Crippen LogP contribution in [0.4, 0.5) is 4.79 Å². The van der Waals surface area contributed by atoms with E-state index in [4.69, 9.17) is 9.84 Å². The summed E-state index contributed by atoms with van der Waals surface area (Å²) in [6.45, 7) is 1.49. The summed E-state index contributed by atoms with van der Waals surface area (Å²) in [5.41, 5.74) is 0.00914. The number of amides is 2. The Kier molecular flexibility index (Phi) is 4.33. The fraction of sp³-hybridized carbons (Fsp3) is 0.545. The maximum Gasteiger partial charge on any atom is 0.355 e. The summed E-state index contributed by atoms with van der Waals surface area (Å²) in [4.78, 5) is 28.1. The molecule has 0 bridgehead atoms. The van der Waals surface area contributed by atoms with Gasteiger partial charge in [-0.15, -0.1) is 11.3 Å². The minimum atomic E-state index is -1.06. The van der Waals surface area contributed by atoms with Crippen LogP contribution in [0.5, 0.6) is 0 Å². The Bertz CT molecular complexity index is 476. The fourth-order valence-corrected chi connectivity index (χ4v) is 2.57. The Morgan fingerprint density at radius 2 is 2.47 bits per heavy atom. The molecule has 8 heteroatoms. The lowest BCUT2D eigenvalue weighted by molar-refractivity contribution is 0.0691. The zero-order valence-corrected chi connectivity index (χ0v) is 11.3. The van der Waals surface area contributed by atoms with Gasteiger partial charge in [-0.25, -0.2) is 14.6 Å². The Labute approximate surface area is 114 Å². The molecule has 0 radical (unpaired) electrons. The highest BCUT2D eigenvalue weighted by molar-refractivity contribution is 7.09. The zero-order chi connectivity index (χ0) is 13.8. The summed E-state index contributed by atoms with van der Waals surface area (Å²) in [6, 6.07) is -0.174. The largest absolute Gasteiger partial charge is 0.476 e. The molecule has 2 rings (SSSR count). The molecule has 0 saturated carbocycles. The van der Waals surface area contributed by atoms with E-state index in [-0.39, 0.29) is 24.4 Å². The number of likely N-dealkylation sites (tertiary alicyclic amines) is 1. The average molecular weight is 285 g/mol. The lowest BCUT2D eigenvalue weighted by Crippen LogP contribution is -2.38. The number of carboxylic acids is 1. The van der Waals surface area contributed by atoms with E-state index in [2.05, 4.69) is 10.3 Å².